The fraction of sp³-hybridized carbons (Fsp3) is 0.724. The van der Waals surface area contributed by atoms with Gasteiger partial charge in [-0.25, -0.2) is 17.6 Å². The smallest absolute Gasteiger partial charge is 0.290 e. The molecule has 0 radical (unpaired) electrons. The second-order valence-electron chi connectivity index (χ2n) is 12.6. The highest BCUT2D eigenvalue weighted by atomic mass is 19.2. The minimum Gasteiger partial charge on any atom is -0.493 e. The Bertz CT molecular complexity index is 971. The van der Waals surface area contributed by atoms with Crippen LogP contribution in [0.15, 0.2) is 12.1 Å². The van der Waals surface area contributed by atoms with Gasteiger partial charge >= 0.3 is 0 Å². The Hall–Kier alpha value is -2.32. The van der Waals surface area contributed by atoms with E-state index in [2.05, 4.69) is 6.92 Å². The number of likely N-dealkylation sites (tertiary alicyclic amines) is 1. The van der Waals surface area contributed by atoms with Crippen LogP contribution in [0.5, 0.6) is 5.75 Å². The molecule has 4 aliphatic rings. The number of carboxylic acid groups (broad SMARTS) is 1. The van der Waals surface area contributed by atoms with Crippen molar-refractivity contribution in [2.75, 3.05) is 13.2 Å². The van der Waals surface area contributed by atoms with Crippen molar-refractivity contribution < 1.29 is 37.0 Å². The molecule has 214 valence electrons. The van der Waals surface area contributed by atoms with E-state index in [-0.39, 0.29) is 51.0 Å². The molecule has 3 atom stereocenters. The molecule has 4 fully saturated rings. The molecule has 1 N–H and O–H groups in total. The van der Waals surface area contributed by atoms with Crippen molar-refractivity contribution in [1.29, 1.82) is 0 Å². The maximum Gasteiger partial charge on any atom is 0.290 e. The molecule has 1 aromatic rings. The predicted octanol–water partition coefficient (Wildman–Crippen LogP) is 6.85. The third kappa shape index (κ3) is 7.63. The van der Waals surface area contributed by atoms with E-state index >= 15 is 8.78 Å². The molecule has 2 bridgehead atoms. The number of hydrogen-bond donors (Lipinski definition) is 1. The van der Waals surface area contributed by atoms with Crippen LogP contribution in [0.4, 0.5) is 17.6 Å². The Kier molecular flexibility index (Phi) is 9.09. The number of carbonyl (C=O) groups is 2. The molecule has 1 aliphatic heterocycles. The SMILES string of the molecule is CC1CCCN1C=O.Cc1cc(C2CC2)c(OCC2(C)CC3(F)CC(C)(F)CC(F)(C2)C3)cc1F.O=CO. The summed E-state index contributed by atoms with van der Waals surface area (Å²) in [6.45, 7) is 7.73. The molecule has 1 heterocycles. The van der Waals surface area contributed by atoms with Crippen LogP contribution in [-0.4, -0.2) is 59.1 Å². The van der Waals surface area contributed by atoms with Crippen molar-refractivity contribution in [1.82, 2.24) is 4.90 Å². The number of carbonyl (C=O) groups excluding carboxylic acids is 1. The van der Waals surface area contributed by atoms with Gasteiger partial charge in [-0.05, 0) is 82.4 Å². The van der Waals surface area contributed by atoms with Crippen LogP contribution in [0.2, 0.25) is 0 Å². The Balaban J connectivity index is 0.000000305. The summed E-state index contributed by atoms with van der Waals surface area (Å²) >= 11 is 0. The highest BCUT2D eigenvalue weighted by Crippen LogP contribution is 2.59. The molecular formula is C29H41F4NO4. The van der Waals surface area contributed by atoms with Crippen molar-refractivity contribution >= 4 is 12.9 Å². The molecular weight excluding hydrogens is 502 g/mol. The van der Waals surface area contributed by atoms with Crippen LogP contribution in [0.25, 0.3) is 0 Å². The van der Waals surface area contributed by atoms with Gasteiger partial charge in [0.2, 0.25) is 6.41 Å². The maximum atomic E-state index is 15.3. The van der Waals surface area contributed by atoms with Gasteiger partial charge in [-0.1, -0.05) is 6.92 Å². The zero-order valence-corrected chi connectivity index (χ0v) is 22.9. The van der Waals surface area contributed by atoms with Gasteiger partial charge in [0.05, 0.1) is 6.61 Å². The first-order chi connectivity index (χ1) is 17.7. The predicted molar refractivity (Wildman–Crippen MR) is 137 cm³/mol. The van der Waals surface area contributed by atoms with Crippen molar-refractivity contribution in [3.05, 3.63) is 29.1 Å². The topological polar surface area (TPSA) is 66.8 Å². The molecule has 5 nitrogen and oxygen atoms in total. The van der Waals surface area contributed by atoms with Gasteiger partial charge in [0.25, 0.3) is 6.47 Å². The molecule has 9 heteroatoms. The average molecular weight is 544 g/mol. The van der Waals surface area contributed by atoms with E-state index in [1.54, 1.807) is 13.8 Å². The number of fused-ring (bicyclic) bond motifs is 2. The zero-order chi connectivity index (χ0) is 28.4. The highest BCUT2D eigenvalue weighted by Gasteiger charge is 2.62. The Morgan fingerprint density at radius 1 is 1.03 bits per heavy atom. The van der Waals surface area contributed by atoms with E-state index in [4.69, 9.17) is 14.6 Å². The van der Waals surface area contributed by atoms with Crippen LogP contribution >= 0.6 is 0 Å². The minimum absolute atomic E-state index is 0.0677. The summed E-state index contributed by atoms with van der Waals surface area (Å²) in [5, 5.41) is 6.89. The fourth-order valence-corrected chi connectivity index (χ4v) is 6.91. The van der Waals surface area contributed by atoms with Crippen molar-refractivity contribution in [3.63, 3.8) is 0 Å². The lowest BCUT2D eigenvalue weighted by molar-refractivity contribution is -0.153. The number of ether oxygens (including phenoxy) is 1. The summed E-state index contributed by atoms with van der Waals surface area (Å²) in [5.74, 6) is 0.524. The quantitative estimate of drug-likeness (QED) is 0.326. The van der Waals surface area contributed by atoms with Gasteiger partial charge in [0, 0.05) is 43.3 Å². The number of rotatable bonds is 5. The summed E-state index contributed by atoms with van der Waals surface area (Å²) in [6, 6.07) is 3.71. The second-order valence-corrected chi connectivity index (χ2v) is 12.6. The van der Waals surface area contributed by atoms with Crippen LogP contribution in [0.1, 0.15) is 95.6 Å². The van der Waals surface area contributed by atoms with E-state index in [0.717, 1.165) is 31.4 Å². The normalized spacial score (nSPS) is 35.8. The summed E-state index contributed by atoms with van der Waals surface area (Å²) in [4.78, 5) is 20.4. The Labute approximate surface area is 222 Å². The zero-order valence-electron chi connectivity index (χ0n) is 22.9. The molecule has 1 saturated heterocycles. The van der Waals surface area contributed by atoms with E-state index in [0.29, 0.717) is 23.3 Å². The van der Waals surface area contributed by atoms with E-state index in [1.807, 2.05) is 11.0 Å². The molecule has 3 unspecified atom stereocenters. The third-order valence-corrected chi connectivity index (χ3v) is 8.12. The van der Waals surface area contributed by atoms with Crippen LogP contribution in [0, 0.1) is 18.2 Å². The van der Waals surface area contributed by atoms with Gasteiger partial charge in [0.1, 0.15) is 28.6 Å². The summed E-state index contributed by atoms with van der Waals surface area (Å²) in [7, 11) is 0. The van der Waals surface area contributed by atoms with Gasteiger partial charge in [-0.3, -0.25) is 9.59 Å². The number of aryl methyl sites for hydroxylation is 1. The van der Waals surface area contributed by atoms with Crippen molar-refractivity contribution in [2.24, 2.45) is 5.41 Å². The van der Waals surface area contributed by atoms with Gasteiger partial charge < -0.3 is 14.7 Å². The lowest BCUT2D eigenvalue weighted by Gasteiger charge is -2.54. The molecule has 1 aromatic carbocycles. The number of hydrogen-bond acceptors (Lipinski definition) is 3. The van der Waals surface area contributed by atoms with Gasteiger partial charge in [-0.2, -0.15) is 0 Å². The molecule has 3 aliphatic carbocycles. The lowest BCUT2D eigenvalue weighted by Crippen LogP contribution is -2.58. The second kappa shape index (κ2) is 11.4. The van der Waals surface area contributed by atoms with Crippen LogP contribution < -0.4 is 4.74 Å². The number of benzene rings is 1. The number of amides is 1. The average Bonchev–Trinajstić information content (AvgIpc) is 3.52. The molecule has 1 amide bonds. The largest absolute Gasteiger partial charge is 0.493 e. The number of halogens is 4. The molecule has 38 heavy (non-hydrogen) atoms. The van der Waals surface area contributed by atoms with Crippen molar-refractivity contribution in [2.45, 2.75) is 114 Å². The van der Waals surface area contributed by atoms with Crippen molar-refractivity contribution in [3.8, 4) is 5.75 Å². The number of alkyl halides is 3. The molecule has 0 spiro atoms. The van der Waals surface area contributed by atoms with E-state index in [1.165, 1.54) is 25.8 Å². The first kappa shape index (κ1) is 30.2. The van der Waals surface area contributed by atoms with Gasteiger partial charge in [-0.15, -0.1) is 0 Å². The fourth-order valence-electron chi connectivity index (χ4n) is 6.91. The van der Waals surface area contributed by atoms with E-state index < -0.39 is 22.4 Å². The van der Waals surface area contributed by atoms with E-state index in [9.17, 15) is 13.6 Å². The Morgan fingerprint density at radius 3 is 2.05 bits per heavy atom. The summed E-state index contributed by atoms with van der Waals surface area (Å²) in [5.41, 5.74) is -4.72. The third-order valence-electron chi connectivity index (χ3n) is 8.12. The molecule has 0 aromatic heterocycles. The van der Waals surface area contributed by atoms with Crippen LogP contribution in [0.3, 0.4) is 0 Å². The van der Waals surface area contributed by atoms with Crippen LogP contribution in [-0.2, 0) is 9.59 Å². The Morgan fingerprint density at radius 2 is 1.61 bits per heavy atom. The van der Waals surface area contributed by atoms with Gasteiger partial charge in [0.15, 0.2) is 0 Å². The standard InChI is InChI=1S/C22H28F4O.C6H11NO.CH2O2/c1-14-6-16(15-4-5-15)18(7-17(14)23)27-13-19(2)8-21(25)10-20(3,24)11-22(26,9-19)12-21;1-6-3-2-4-7(6)5-8;2-1-3/h6-7,15H,4-5,8-13H2,1-3H3;5-6H,2-4H2,1H3;1H,(H,2,3). The highest BCUT2D eigenvalue weighted by molar-refractivity contribution is 5.48. The summed E-state index contributed by atoms with van der Waals surface area (Å²) in [6.07, 6.45) is 4.76. The lowest BCUT2D eigenvalue weighted by atomic mass is 9.56. The molecule has 5 rings (SSSR count). The minimum atomic E-state index is -1.86. The maximum absolute atomic E-state index is 15.3. The monoisotopic (exact) mass is 543 g/mol. The molecule has 3 saturated carbocycles. The summed E-state index contributed by atoms with van der Waals surface area (Å²) < 4.78 is 65.1. The first-order valence-electron chi connectivity index (χ1n) is 13.4. The first-order valence-corrected chi connectivity index (χ1v) is 13.4. The number of nitrogens with zero attached hydrogens (tertiary/aromatic N) is 1.